The second-order valence-electron chi connectivity index (χ2n) is 9.53. The molecule has 1 aromatic carbocycles. The van der Waals surface area contributed by atoms with E-state index in [1.807, 2.05) is 32.9 Å². The van der Waals surface area contributed by atoms with Crippen molar-refractivity contribution in [2.24, 2.45) is 17.8 Å². The summed E-state index contributed by atoms with van der Waals surface area (Å²) >= 11 is 0. The second-order valence-corrected chi connectivity index (χ2v) is 9.53. The first-order valence-electron chi connectivity index (χ1n) is 13.8. The van der Waals surface area contributed by atoms with Gasteiger partial charge in [0.05, 0.1) is 0 Å². The fourth-order valence-corrected chi connectivity index (χ4v) is 3.20. The molecule has 1 aromatic heterocycles. The van der Waals surface area contributed by atoms with Crippen LogP contribution in [0.1, 0.15) is 116 Å². The zero-order valence-electron chi connectivity index (χ0n) is 24.7. The van der Waals surface area contributed by atoms with Crippen LogP contribution in [0.25, 0.3) is 0 Å². The van der Waals surface area contributed by atoms with Gasteiger partial charge in [0, 0.05) is 25.0 Å². The van der Waals surface area contributed by atoms with Crippen LogP contribution in [0.3, 0.4) is 0 Å². The van der Waals surface area contributed by atoms with Crippen LogP contribution in [0.4, 0.5) is 8.78 Å². The van der Waals surface area contributed by atoms with E-state index in [4.69, 9.17) is 0 Å². The summed E-state index contributed by atoms with van der Waals surface area (Å²) in [5.74, 6) is -1.52. The van der Waals surface area contributed by atoms with Gasteiger partial charge in [-0.05, 0) is 49.3 Å². The summed E-state index contributed by atoms with van der Waals surface area (Å²) in [6.45, 7) is 19.4. The molecule has 0 saturated heterocycles. The molecule has 206 valence electrons. The lowest BCUT2D eigenvalue weighted by Gasteiger charge is -2.23. The maximum atomic E-state index is 13.1. The third kappa shape index (κ3) is 17.3. The summed E-state index contributed by atoms with van der Waals surface area (Å²) in [6.07, 6.45) is 5.12. The number of alkyl halides is 2. The van der Waals surface area contributed by atoms with Crippen molar-refractivity contribution in [2.75, 3.05) is 0 Å². The molecule has 0 aliphatic heterocycles. The van der Waals surface area contributed by atoms with Crippen molar-refractivity contribution in [3.8, 4) is 0 Å². The van der Waals surface area contributed by atoms with E-state index < -0.39 is 11.8 Å². The molecule has 3 atom stereocenters. The zero-order valence-corrected chi connectivity index (χ0v) is 24.7. The number of benzene rings is 1. The lowest BCUT2D eigenvalue weighted by Crippen LogP contribution is -2.25. The number of carbonyl (C=O) groups is 1. The molecular weight excluding hydrogens is 452 g/mol. The summed E-state index contributed by atoms with van der Waals surface area (Å²) < 4.78 is 26.2. The van der Waals surface area contributed by atoms with Crippen molar-refractivity contribution in [2.45, 2.75) is 114 Å². The number of hydrogen-bond donors (Lipinski definition) is 0. The maximum absolute atomic E-state index is 13.1. The van der Waals surface area contributed by atoms with Gasteiger partial charge in [-0.3, -0.25) is 9.78 Å². The predicted molar refractivity (Wildman–Crippen MR) is 153 cm³/mol. The Balaban J connectivity index is 0. The molecule has 0 spiro atoms. The third-order valence-corrected chi connectivity index (χ3v) is 6.35. The van der Waals surface area contributed by atoms with Crippen LogP contribution in [0.2, 0.25) is 0 Å². The molecule has 2 rings (SSSR count). The molecule has 0 aliphatic rings. The van der Waals surface area contributed by atoms with Crippen LogP contribution in [0, 0.1) is 24.7 Å². The Morgan fingerprint density at radius 1 is 0.861 bits per heavy atom. The Morgan fingerprint density at radius 2 is 1.42 bits per heavy atom. The molecule has 0 aliphatic carbocycles. The molecule has 0 N–H and O–H groups in total. The number of rotatable bonds is 10. The van der Waals surface area contributed by atoms with E-state index >= 15 is 0 Å². The van der Waals surface area contributed by atoms with Crippen molar-refractivity contribution in [3.05, 3.63) is 65.5 Å². The first-order chi connectivity index (χ1) is 17.0. The highest BCUT2D eigenvalue weighted by molar-refractivity contribution is 5.92. The summed E-state index contributed by atoms with van der Waals surface area (Å²) in [4.78, 5) is 14.8. The van der Waals surface area contributed by atoms with Crippen LogP contribution in [0.15, 0.2) is 48.5 Å². The van der Waals surface area contributed by atoms with E-state index in [-0.39, 0.29) is 12.2 Å². The van der Waals surface area contributed by atoms with Crippen molar-refractivity contribution in [1.82, 2.24) is 4.98 Å². The quantitative estimate of drug-likeness (QED) is 0.301. The van der Waals surface area contributed by atoms with E-state index in [1.54, 1.807) is 19.9 Å². The number of ketones is 1. The summed E-state index contributed by atoms with van der Waals surface area (Å²) in [5.41, 5.74) is 2.88. The molecule has 0 amide bonds. The molecule has 0 fully saturated rings. The number of aromatic nitrogens is 1. The third-order valence-electron chi connectivity index (χ3n) is 6.35. The Morgan fingerprint density at radius 3 is 1.83 bits per heavy atom. The highest BCUT2D eigenvalue weighted by atomic mass is 19.3. The minimum absolute atomic E-state index is 0.0173. The lowest BCUT2D eigenvalue weighted by atomic mass is 9.91. The number of hydrogen-bond acceptors (Lipinski definition) is 2. The van der Waals surface area contributed by atoms with Gasteiger partial charge in [0.25, 0.3) is 0 Å². The van der Waals surface area contributed by atoms with E-state index in [9.17, 15) is 13.6 Å². The van der Waals surface area contributed by atoms with Gasteiger partial charge >= 0.3 is 0 Å². The zero-order chi connectivity index (χ0) is 28.1. The summed E-state index contributed by atoms with van der Waals surface area (Å²) in [6, 6.07) is 16.1. The largest absolute Gasteiger partial charge is 0.293 e. The summed E-state index contributed by atoms with van der Waals surface area (Å²) in [7, 11) is 0. The number of nitrogens with zero attached hydrogens (tertiary/aromatic N) is 1. The highest BCUT2D eigenvalue weighted by Gasteiger charge is 2.33. The minimum Gasteiger partial charge on any atom is -0.293 e. The standard InChI is InChI=1S/C11H22F2.C11H16.C8H9NO.C2H6/c1-5-9(3)7-8-10(4)11(12,13)6-2;1-3-10(2)9-11-7-5-4-6-8-11;1-6-4-3-5-8(9-6)7(2)10;1-2/h9-10H,5-8H2,1-4H3;4-8,10H,3,9H2,1-2H3;3-5H,1-2H3;1-2H3. The Kier molecular flexibility index (Phi) is 21.1. The SMILES string of the molecule is CC.CC(=O)c1cccc(C)n1.CCC(C)CCC(C)C(F)(F)CC.CCC(C)Cc1ccccc1. The minimum atomic E-state index is -2.46. The maximum Gasteiger partial charge on any atom is 0.250 e. The molecule has 0 bridgehead atoms. The van der Waals surface area contributed by atoms with Crippen LogP contribution in [-0.4, -0.2) is 16.7 Å². The number of carbonyl (C=O) groups excluding carboxylic acids is 1. The molecule has 36 heavy (non-hydrogen) atoms. The van der Waals surface area contributed by atoms with Crippen molar-refractivity contribution in [3.63, 3.8) is 0 Å². The monoisotopic (exact) mass is 505 g/mol. The predicted octanol–water partition coefficient (Wildman–Crippen LogP) is 10.4. The van der Waals surface area contributed by atoms with Crippen molar-refractivity contribution >= 4 is 5.78 Å². The Hall–Kier alpha value is -2.10. The number of aryl methyl sites for hydroxylation is 1. The molecule has 1 heterocycles. The van der Waals surface area contributed by atoms with E-state index in [0.29, 0.717) is 18.0 Å². The van der Waals surface area contributed by atoms with E-state index in [2.05, 4.69) is 63.0 Å². The van der Waals surface area contributed by atoms with Crippen LogP contribution in [-0.2, 0) is 6.42 Å². The van der Waals surface area contributed by atoms with Crippen LogP contribution in [0.5, 0.6) is 0 Å². The molecule has 2 nitrogen and oxygen atoms in total. The van der Waals surface area contributed by atoms with Crippen LogP contribution >= 0.6 is 0 Å². The normalized spacial score (nSPS) is 12.9. The smallest absolute Gasteiger partial charge is 0.250 e. The van der Waals surface area contributed by atoms with Crippen molar-refractivity contribution < 1.29 is 13.6 Å². The molecule has 3 unspecified atom stereocenters. The van der Waals surface area contributed by atoms with Gasteiger partial charge in [-0.1, -0.05) is 111 Å². The molecule has 0 saturated carbocycles. The Bertz CT molecular complexity index is 792. The van der Waals surface area contributed by atoms with Crippen molar-refractivity contribution in [1.29, 1.82) is 0 Å². The van der Waals surface area contributed by atoms with Gasteiger partial charge in [-0.15, -0.1) is 0 Å². The first-order valence-corrected chi connectivity index (χ1v) is 13.8. The van der Waals surface area contributed by atoms with Crippen LogP contribution < -0.4 is 0 Å². The van der Waals surface area contributed by atoms with E-state index in [0.717, 1.165) is 24.5 Å². The second kappa shape index (κ2) is 21.0. The number of halogens is 2. The summed E-state index contributed by atoms with van der Waals surface area (Å²) in [5, 5.41) is 0. The molecule has 0 radical (unpaired) electrons. The molecule has 4 heteroatoms. The average molecular weight is 506 g/mol. The van der Waals surface area contributed by atoms with E-state index in [1.165, 1.54) is 25.3 Å². The highest BCUT2D eigenvalue weighted by Crippen LogP contribution is 2.32. The lowest BCUT2D eigenvalue weighted by molar-refractivity contribution is -0.0588. The average Bonchev–Trinajstić information content (AvgIpc) is 2.89. The van der Waals surface area contributed by atoms with Gasteiger partial charge in [0.15, 0.2) is 5.78 Å². The topological polar surface area (TPSA) is 30.0 Å². The fraction of sp³-hybridized carbons (Fsp3) is 0.625. The van der Waals surface area contributed by atoms with Gasteiger partial charge in [-0.25, -0.2) is 8.78 Å². The Labute approximate surface area is 221 Å². The fourth-order valence-electron chi connectivity index (χ4n) is 3.20. The first kappa shape index (κ1) is 36.1. The number of pyridine rings is 1. The molecular formula is C32H53F2NO. The van der Waals surface area contributed by atoms with Gasteiger partial charge < -0.3 is 0 Å². The van der Waals surface area contributed by atoms with Gasteiger partial charge in [0.1, 0.15) is 5.69 Å². The van der Waals surface area contributed by atoms with Gasteiger partial charge in [0.2, 0.25) is 5.92 Å². The van der Waals surface area contributed by atoms with Gasteiger partial charge in [-0.2, -0.15) is 0 Å². The molecule has 2 aromatic rings. The number of Topliss-reactive ketones (excluding diaryl/α,β-unsaturated/α-hetero) is 1.